The SMILES string of the molecule is CC(C)n1c(CCc2ccccc2)cc(Sc2ccccc2)c(O)c1=O. The Morgan fingerprint density at radius 1 is 0.962 bits per heavy atom. The smallest absolute Gasteiger partial charge is 0.294 e. The molecule has 2 aromatic carbocycles. The van der Waals surface area contributed by atoms with Crippen LogP contribution in [0, 0.1) is 0 Å². The Kier molecular flexibility index (Phi) is 5.84. The zero-order chi connectivity index (χ0) is 18.5. The van der Waals surface area contributed by atoms with E-state index in [4.69, 9.17) is 0 Å². The third-order valence-corrected chi connectivity index (χ3v) is 5.30. The molecule has 0 unspecified atom stereocenters. The molecule has 0 aliphatic carbocycles. The van der Waals surface area contributed by atoms with Crippen molar-refractivity contribution >= 4 is 11.8 Å². The van der Waals surface area contributed by atoms with Gasteiger partial charge in [0, 0.05) is 16.6 Å². The third-order valence-electron chi connectivity index (χ3n) is 4.26. The summed E-state index contributed by atoms with van der Waals surface area (Å²) in [4.78, 5) is 14.4. The Bertz CT molecular complexity index is 918. The van der Waals surface area contributed by atoms with Crippen LogP contribution in [0.3, 0.4) is 0 Å². The van der Waals surface area contributed by atoms with Gasteiger partial charge in [0.2, 0.25) is 0 Å². The van der Waals surface area contributed by atoms with Gasteiger partial charge in [-0.25, -0.2) is 0 Å². The van der Waals surface area contributed by atoms with E-state index in [2.05, 4.69) is 12.1 Å². The van der Waals surface area contributed by atoms with Crippen LogP contribution in [-0.4, -0.2) is 9.67 Å². The lowest BCUT2D eigenvalue weighted by atomic mass is 10.1. The van der Waals surface area contributed by atoms with E-state index in [1.165, 1.54) is 17.3 Å². The average Bonchev–Trinajstić information content (AvgIpc) is 2.65. The van der Waals surface area contributed by atoms with E-state index in [0.29, 0.717) is 4.90 Å². The molecule has 0 bridgehead atoms. The molecular weight excluding hydrogens is 342 g/mol. The van der Waals surface area contributed by atoms with Gasteiger partial charge in [-0.3, -0.25) is 4.79 Å². The van der Waals surface area contributed by atoms with Gasteiger partial charge in [0.25, 0.3) is 5.56 Å². The summed E-state index contributed by atoms with van der Waals surface area (Å²) in [5.74, 6) is -0.170. The zero-order valence-corrected chi connectivity index (χ0v) is 15.9. The quantitative estimate of drug-likeness (QED) is 0.663. The predicted molar refractivity (Wildman–Crippen MR) is 107 cm³/mol. The number of nitrogens with zero attached hydrogens (tertiary/aromatic N) is 1. The Morgan fingerprint density at radius 3 is 2.19 bits per heavy atom. The number of pyridine rings is 1. The first-order valence-corrected chi connectivity index (χ1v) is 9.62. The Hall–Kier alpha value is -2.46. The van der Waals surface area contributed by atoms with E-state index >= 15 is 0 Å². The van der Waals surface area contributed by atoms with Gasteiger partial charge < -0.3 is 9.67 Å². The highest BCUT2D eigenvalue weighted by atomic mass is 32.2. The van der Waals surface area contributed by atoms with Gasteiger partial charge in [-0.1, -0.05) is 60.3 Å². The van der Waals surface area contributed by atoms with Crippen LogP contribution in [0.1, 0.15) is 31.1 Å². The molecule has 0 aliphatic heterocycles. The van der Waals surface area contributed by atoms with Crippen molar-refractivity contribution in [3.63, 3.8) is 0 Å². The molecular formula is C22H23NO2S. The van der Waals surface area contributed by atoms with Crippen molar-refractivity contribution in [2.24, 2.45) is 0 Å². The first-order chi connectivity index (χ1) is 12.6. The normalized spacial score (nSPS) is 11.0. The fourth-order valence-electron chi connectivity index (χ4n) is 3.01. The van der Waals surface area contributed by atoms with Gasteiger partial charge >= 0.3 is 0 Å². The number of aromatic hydroxyl groups is 1. The maximum absolute atomic E-state index is 12.8. The summed E-state index contributed by atoms with van der Waals surface area (Å²) < 4.78 is 1.70. The van der Waals surface area contributed by atoms with E-state index in [1.54, 1.807) is 4.57 Å². The van der Waals surface area contributed by atoms with E-state index < -0.39 is 0 Å². The third kappa shape index (κ3) is 4.20. The number of benzene rings is 2. The second-order valence-electron chi connectivity index (χ2n) is 6.52. The molecule has 1 N–H and O–H groups in total. The van der Waals surface area contributed by atoms with Crippen LogP contribution in [0.2, 0.25) is 0 Å². The zero-order valence-electron chi connectivity index (χ0n) is 15.1. The molecule has 26 heavy (non-hydrogen) atoms. The van der Waals surface area contributed by atoms with Crippen molar-refractivity contribution in [3.8, 4) is 5.75 Å². The minimum atomic E-state index is -0.316. The van der Waals surface area contributed by atoms with E-state index in [0.717, 1.165) is 23.4 Å². The number of hydrogen-bond acceptors (Lipinski definition) is 3. The molecule has 1 aromatic heterocycles. The number of aryl methyl sites for hydroxylation is 2. The molecule has 3 aromatic rings. The minimum Gasteiger partial charge on any atom is -0.502 e. The molecule has 0 fully saturated rings. The topological polar surface area (TPSA) is 42.2 Å². The molecule has 0 atom stereocenters. The second kappa shape index (κ2) is 8.28. The molecule has 0 amide bonds. The molecule has 0 radical (unpaired) electrons. The lowest BCUT2D eigenvalue weighted by Gasteiger charge is -2.19. The maximum atomic E-state index is 12.8. The lowest BCUT2D eigenvalue weighted by molar-refractivity contribution is 0.430. The summed E-state index contributed by atoms with van der Waals surface area (Å²) in [6.07, 6.45) is 1.60. The van der Waals surface area contributed by atoms with Crippen molar-refractivity contribution in [1.29, 1.82) is 0 Å². The maximum Gasteiger partial charge on any atom is 0.294 e. The van der Waals surface area contributed by atoms with Crippen molar-refractivity contribution in [1.82, 2.24) is 4.57 Å². The Labute approximate surface area is 158 Å². The van der Waals surface area contributed by atoms with Crippen LogP contribution in [0.15, 0.2) is 81.3 Å². The van der Waals surface area contributed by atoms with Crippen LogP contribution in [0.5, 0.6) is 5.75 Å². The van der Waals surface area contributed by atoms with Crippen molar-refractivity contribution in [2.45, 2.75) is 42.5 Å². The molecule has 4 heteroatoms. The summed E-state index contributed by atoms with van der Waals surface area (Å²) >= 11 is 1.42. The standard InChI is InChI=1S/C22H23NO2S/c1-16(2)23-18(14-13-17-9-5-3-6-10-17)15-20(21(24)22(23)25)26-19-11-7-4-8-12-19/h3-12,15-16,24H,13-14H2,1-2H3. The number of hydrogen-bond donors (Lipinski definition) is 1. The number of aromatic nitrogens is 1. The molecule has 0 saturated carbocycles. The Morgan fingerprint density at radius 2 is 1.58 bits per heavy atom. The van der Waals surface area contributed by atoms with Gasteiger partial charge in [-0.2, -0.15) is 0 Å². The predicted octanol–water partition coefficient (Wildman–Crippen LogP) is 5.07. The summed E-state index contributed by atoms with van der Waals surface area (Å²) in [6.45, 7) is 3.94. The highest BCUT2D eigenvalue weighted by molar-refractivity contribution is 7.99. The van der Waals surface area contributed by atoms with Crippen LogP contribution in [-0.2, 0) is 12.8 Å². The summed E-state index contributed by atoms with van der Waals surface area (Å²) in [5.41, 5.74) is 1.87. The highest BCUT2D eigenvalue weighted by Gasteiger charge is 2.17. The first-order valence-electron chi connectivity index (χ1n) is 8.80. The summed E-state index contributed by atoms with van der Waals surface area (Å²) in [6, 6.07) is 22.0. The number of rotatable bonds is 6. The average molecular weight is 365 g/mol. The Balaban J connectivity index is 1.96. The van der Waals surface area contributed by atoms with Crippen molar-refractivity contribution in [2.75, 3.05) is 0 Å². The van der Waals surface area contributed by atoms with E-state index in [-0.39, 0.29) is 17.4 Å². The van der Waals surface area contributed by atoms with Crippen LogP contribution in [0.25, 0.3) is 0 Å². The summed E-state index contributed by atoms with van der Waals surface area (Å²) in [5, 5.41) is 10.4. The minimum absolute atomic E-state index is 0.00468. The van der Waals surface area contributed by atoms with Crippen LogP contribution < -0.4 is 5.56 Å². The molecule has 0 spiro atoms. The van der Waals surface area contributed by atoms with E-state index in [9.17, 15) is 9.90 Å². The lowest BCUT2D eigenvalue weighted by Crippen LogP contribution is -2.25. The van der Waals surface area contributed by atoms with Crippen molar-refractivity contribution in [3.05, 3.63) is 88.3 Å². The van der Waals surface area contributed by atoms with Gasteiger partial charge in [0.15, 0.2) is 5.75 Å². The van der Waals surface area contributed by atoms with Crippen LogP contribution in [0.4, 0.5) is 0 Å². The monoisotopic (exact) mass is 365 g/mol. The van der Waals surface area contributed by atoms with Crippen LogP contribution >= 0.6 is 11.8 Å². The molecule has 0 aliphatic rings. The highest BCUT2D eigenvalue weighted by Crippen LogP contribution is 2.33. The molecule has 1 heterocycles. The largest absolute Gasteiger partial charge is 0.502 e. The fourth-order valence-corrected chi connectivity index (χ4v) is 3.93. The van der Waals surface area contributed by atoms with E-state index in [1.807, 2.05) is 68.4 Å². The summed E-state index contributed by atoms with van der Waals surface area (Å²) in [7, 11) is 0. The van der Waals surface area contributed by atoms with Gasteiger partial charge in [-0.05, 0) is 50.5 Å². The second-order valence-corrected chi connectivity index (χ2v) is 7.63. The molecule has 3 rings (SSSR count). The molecule has 3 nitrogen and oxygen atoms in total. The van der Waals surface area contributed by atoms with Gasteiger partial charge in [-0.15, -0.1) is 0 Å². The van der Waals surface area contributed by atoms with Gasteiger partial charge in [0.05, 0.1) is 4.90 Å². The molecule has 134 valence electrons. The van der Waals surface area contributed by atoms with Gasteiger partial charge in [0.1, 0.15) is 0 Å². The van der Waals surface area contributed by atoms with Crippen molar-refractivity contribution < 1.29 is 5.11 Å². The molecule has 0 saturated heterocycles. The fraction of sp³-hybridized carbons (Fsp3) is 0.227. The first kappa shape index (κ1) is 18.3.